The summed E-state index contributed by atoms with van der Waals surface area (Å²) in [5, 5.41) is 0. The highest BCUT2D eigenvalue weighted by Gasteiger charge is 2.18. The van der Waals surface area contributed by atoms with Gasteiger partial charge in [0.15, 0.2) is 0 Å². The summed E-state index contributed by atoms with van der Waals surface area (Å²) in [6.07, 6.45) is 4.10. The van der Waals surface area contributed by atoms with Crippen molar-refractivity contribution < 1.29 is 9.13 Å². The highest BCUT2D eigenvalue weighted by atomic mass is 19.1. The van der Waals surface area contributed by atoms with Gasteiger partial charge in [-0.05, 0) is 26.2 Å². The van der Waals surface area contributed by atoms with Gasteiger partial charge in [-0.2, -0.15) is 0 Å². The number of alkyl halides is 1. The molecule has 0 heterocycles. The van der Waals surface area contributed by atoms with Gasteiger partial charge in [0.25, 0.3) is 0 Å². The minimum atomic E-state index is -0.244. The van der Waals surface area contributed by atoms with Gasteiger partial charge in [0.1, 0.15) is 0 Å². The zero-order valence-corrected chi connectivity index (χ0v) is 9.85. The van der Waals surface area contributed by atoms with Crippen molar-refractivity contribution >= 4 is 0 Å². The second kappa shape index (κ2) is 7.98. The summed E-state index contributed by atoms with van der Waals surface area (Å²) in [5.74, 6) is 0.352. The van der Waals surface area contributed by atoms with Gasteiger partial charge in [0.05, 0.1) is 13.3 Å². The Morgan fingerprint density at radius 1 is 1.43 bits per heavy atom. The molecule has 0 saturated carbocycles. The number of halogens is 1. The van der Waals surface area contributed by atoms with Crippen molar-refractivity contribution in [3.05, 3.63) is 11.6 Å². The van der Waals surface area contributed by atoms with E-state index in [1.807, 2.05) is 13.8 Å². The standard InChI is InChI=1S/C12H23FO/c1-5-6-11(8-13)12(9-14-4)7-10(2)3/h7,11-12H,5-6,8-9H2,1-4H3/t11-,12-/m1/s1. The molecule has 0 aromatic rings. The van der Waals surface area contributed by atoms with Crippen molar-refractivity contribution in [2.45, 2.75) is 33.6 Å². The van der Waals surface area contributed by atoms with Crippen LogP contribution in [0.2, 0.25) is 0 Å². The zero-order valence-electron chi connectivity index (χ0n) is 9.85. The fourth-order valence-corrected chi connectivity index (χ4v) is 1.72. The van der Waals surface area contributed by atoms with Crippen molar-refractivity contribution in [1.29, 1.82) is 0 Å². The highest BCUT2D eigenvalue weighted by Crippen LogP contribution is 2.21. The summed E-state index contributed by atoms with van der Waals surface area (Å²) < 4.78 is 17.9. The summed E-state index contributed by atoms with van der Waals surface area (Å²) >= 11 is 0. The summed E-state index contributed by atoms with van der Waals surface area (Å²) in [7, 11) is 1.67. The van der Waals surface area contributed by atoms with E-state index in [9.17, 15) is 4.39 Å². The van der Waals surface area contributed by atoms with E-state index < -0.39 is 0 Å². The molecule has 0 saturated heterocycles. The van der Waals surface area contributed by atoms with Gasteiger partial charge >= 0.3 is 0 Å². The number of hydrogen-bond donors (Lipinski definition) is 0. The maximum absolute atomic E-state index is 12.8. The molecular formula is C12H23FO. The molecular weight excluding hydrogens is 179 g/mol. The van der Waals surface area contributed by atoms with Crippen LogP contribution in [0.15, 0.2) is 11.6 Å². The average molecular weight is 202 g/mol. The van der Waals surface area contributed by atoms with Crippen LogP contribution in [0, 0.1) is 11.8 Å². The molecule has 0 N–H and O–H groups in total. The first-order chi connectivity index (χ1) is 6.65. The molecule has 0 aliphatic heterocycles. The first-order valence-electron chi connectivity index (χ1n) is 5.35. The van der Waals surface area contributed by atoms with Gasteiger partial charge < -0.3 is 4.74 Å². The number of hydrogen-bond acceptors (Lipinski definition) is 1. The van der Waals surface area contributed by atoms with Gasteiger partial charge in [-0.15, -0.1) is 0 Å². The number of ether oxygens (including phenoxy) is 1. The average Bonchev–Trinajstić information content (AvgIpc) is 2.13. The lowest BCUT2D eigenvalue weighted by Gasteiger charge is -2.21. The molecule has 0 spiro atoms. The van der Waals surface area contributed by atoms with E-state index in [1.165, 1.54) is 5.57 Å². The van der Waals surface area contributed by atoms with Crippen molar-refractivity contribution in [2.24, 2.45) is 11.8 Å². The molecule has 0 aromatic heterocycles. The van der Waals surface area contributed by atoms with Crippen molar-refractivity contribution in [2.75, 3.05) is 20.4 Å². The van der Waals surface area contributed by atoms with E-state index in [0.717, 1.165) is 12.8 Å². The molecule has 0 fully saturated rings. The van der Waals surface area contributed by atoms with Gasteiger partial charge in [-0.1, -0.05) is 25.0 Å². The molecule has 2 heteroatoms. The summed E-state index contributed by atoms with van der Waals surface area (Å²) in [5.41, 5.74) is 1.24. The summed E-state index contributed by atoms with van der Waals surface area (Å²) in [6.45, 7) is 6.56. The largest absolute Gasteiger partial charge is 0.384 e. The van der Waals surface area contributed by atoms with Crippen LogP contribution in [0.4, 0.5) is 4.39 Å². The number of methoxy groups -OCH3 is 1. The Labute approximate surface area is 87.3 Å². The Morgan fingerprint density at radius 2 is 2.07 bits per heavy atom. The first kappa shape index (κ1) is 13.6. The monoisotopic (exact) mass is 202 g/mol. The normalized spacial score (nSPS) is 14.9. The number of allylic oxidation sites excluding steroid dienone is 1. The van der Waals surface area contributed by atoms with E-state index in [-0.39, 0.29) is 18.5 Å². The maximum Gasteiger partial charge on any atom is 0.0929 e. The van der Waals surface area contributed by atoms with E-state index in [1.54, 1.807) is 7.11 Å². The van der Waals surface area contributed by atoms with Crippen LogP contribution in [-0.2, 0) is 4.74 Å². The Kier molecular flexibility index (Phi) is 7.77. The minimum absolute atomic E-state index is 0.120. The maximum atomic E-state index is 12.8. The Bertz CT molecular complexity index is 162. The fraction of sp³-hybridized carbons (Fsp3) is 0.833. The SMILES string of the molecule is CCC[C@H](CF)[C@H](C=C(C)C)COC. The van der Waals surface area contributed by atoms with Gasteiger partial charge in [-0.25, -0.2) is 0 Å². The third-order valence-corrected chi connectivity index (χ3v) is 2.37. The lowest BCUT2D eigenvalue weighted by Crippen LogP contribution is -2.20. The second-order valence-corrected chi connectivity index (χ2v) is 4.07. The molecule has 0 rings (SSSR count). The lowest BCUT2D eigenvalue weighted by molar-refractivity contribution is 0.128. The quantitative estimate of drug-likeness (QED) is 0.573. The number of rotatable bonds is 7. The van der Waals surface area contributed by atoms with Gasteiger partial charge in [0.2, 0.25) is 0 Å². The zero-order chi connectivity index (χ0) is 11.0. The third-order valence-electron chi connectivity index (χ3n) is 2.37. The smallest absolute Gasteiger partial charge is 0.0929 e. The Morgan fingerprint density at radius 3 is 2.43 bits per heavy atom. The van der Waals surface area contributed by atoms with Crippen LogP contribution in [0.5, 0.6) is 0 Å². The van der Waals surface area contributed by atoms with E-state index >= 15 is 0 Å². The van der Waals surface area contributed by atoms with Gasteiger partial charge in [-0.3, -0.25) is 4.39 Å². The van der Waals surface area contributed by atoms with Crippen LogP contribution in [-0.4, -0.2) is 20.4 Å². The van der Waals surface area contributed by atoms with Crippen LogP contribution >= 0.6 is 0 Å². The molecule has 0 bridgehead atoms. The molecule has 0 unspecified atom stereocenters. The predicted molar refractivity (Wildman–Crippen MR) is 59.2 cm³/mol. The van der Waals surface area contributed by atoms with Crippen LogP contribution in [0.3, 0.4) is 0 Å². The molecule has 0 aliphatic carbocycles. The van der Waals surface area contributed by atoms with Crippen molar-refractivity contribution in [3.8, 4) is 0 Å². The molecule has 0 aromatic carbocycles. The first-order valence-corrected chi connectivity index (χ1v) is 5.35. The molecule has 84 valence electrons. The van der Waals surface area contributed by atoms with Crippen molar-refractivity contribution in [1.82, 2.24) is 0 Å². The van der Waals surface area contributed by atoms with E-state index in [0.29, 0.717) is 6.61 Å². The molecule has 0 radical (unpaired) electrons. The summed E-state index contributed by atoms with van der Waals surface area (Å²) in [4.78, 5) is 0. The van der Waals surface area contributed by atoms with Crippen LogP contribution in [0.1, 0.15) is 33.6 Å². The molecule has 14 heavy (non-hydrogen) atoms. The molecule has 0 amide bonds. The van der Waals surface area contributed by atoms with Crippen molar-refractivity contribution in [3.63, 3.8) is 0 Å². The Balaban J connectivity index is 4.34. The fourth-order valence-electron chi connectivity index (χ4n) is 1.72. The molecule has 0 aliphatic rings. The topological polar surface area (TPSA) is 9.23 Å². The second-order valence-electron chi connectivity index (χ2n) is 4.07. The lowest BCUT2D eigenvalue weighted by atomic mass is 9.89. The van der Waals surface area contributed by atoms with E-state index in [2.05, 4.69) is 13.0 Å². The van der Waals surface area contributed by atoms with Gasteiger partial charge in [0, 0.05) is 13.0 Å². The summed E-state index contributed by atoms with van der Waals surface area (Å²) in [6, 6.07) is 0. The minimum Gasteiger partial charge on any atom is -0.384 e. The molecule has 2 atom stereocenters. The third kappa shape index (κ3) is 5.38. The van der Waals surface area contributed by atoms with Crippen LogP contribution < -0.4 is 0 Å². The highest BCUT2D eigenvalue weighted by molar-refractivity contribution is 4.99. The molecule has 1 nitrogen and oxygen atoms in total. The van der Waals surface area contributed by atoms with Crippen LogP contribution in [0.25, 0.3) is 0 Å². The predicted octanol–water partition coefficient (Wildman–Crippen LogP) is 3.60. The Hall–Kier alpha value is -0.370. The van der Waals surface area contributed by atoms with E-state index in [4.69, 9.17) is 4.74 Å².